The van der Waals surface area contributed by atoms with E-state index in [2.05, 4.69) is 15.9 Å². The average molecular weight is 278 g/mol. The number of thiophene rings is 1. The van der Waals surface area contributed by atoms with Gasteiger partial charge in [0.25, 0.3) is 0 Å². The highest BCUT2D eigenvalue weighted by molar-refractivity contribution is 9.10. The molecule has 0 amide bonds. The lowest BCUT2D eigenvalue weighted by Crippen LogP contribution is -2.40. The lowest BCUT2D eigenvalue weighted by molar-refractivity contribution is 0.0955. The zero-order valence-electron chi connectivity index (χ0n) is 8.62. The molecule has 0 fully saturated rings. The summed E-state index contributed by atoms with van der Waals surface area (Å²) in [6, 6.07) is 1.68. The van der Waals surface area contributed by atoms with Crippen LogP contribution in [0.3, 0.4) is 0 Å². The fourth-order valence-electron chi connectivity index (χ4n) is 1.13. The van der Waals surface area contributed by atoms with E-state index >= 15 is 0 Å². The molecule has 2 atom stereocenters. The van der Waals surface area contributed by atoms with Crippen molar-refractivity contribution in [1.82, 2.24) is 0 Å². The van der Waals surface area contributed by atoms with Gasteiger partial charge in [0, 0.05) is 20.8 Å². The molecule has 0 radical (unpaired) electrons. The Morgan fingerprint density at radius 2 is 2.07 bits per heavy atom. The van der Waals surface area contributed by atoms with Gasteiger partial charge in [-0.2, -0.15) is 0 Å². The number of hydrogen-bond acceptors (Lipinski definition) is 3. The number of halogens is 1. The number of aliphatic hydroxyl groups excluding tert-OH is 1. The topological polar surface area (TPSA) is 46.2 Å². The molecule has 2 unspecified atom stereocenters. The summed E-state index contributed by atoms with van der Waals surface area (Å²) in [5.41, 5.74) is 5.89. The maximum Gasteiger partial charge on any atom is 0.104 e. The standard InChI is InChI=1S/C10H16BrNOS/c1-10(2,3)9(12)8(13)7-4-6(11)5-14-7/h4-5,8-9,13H,12H2,1-3H3. The molecule has 2 nitrogen and oxygen atoms in total. The highest BCUT2D eigenvalue weighted by Gasteiger charge is 2.29. The second kappa shape index (κ2) is 4.31. The van der Waals surface area contributed by atoms with Gasteiger partial charge in [-0.3, -0.25) is 0 Å². The van der Waals surface area contributed by atoms with Gasteiger partial charge in [0.1, 0.15) is 6.10 Å². The Bertz CT molecular complexity index is 305. The maximum absolute atomic E-state index is 10.0. The van der Waals surface area contributed by atoms with Gasteiger partial charge >= 0.3 is 0 Å². The van der Waals surface area contributed by atoms with Crippen LogP contribution in [0.15, 0.2) is 15.9 Å². The largest absolute Gasteiger partial charge is 0.386 e. The predicted molar refractivity (Wildman–Crippen MR) is 64.4 cm³/mol. The predicted octanol–water partition coefficient (Wildman–Crippen LogP) is 2.92. The lowest BCUT2D eigenvalue weighted by atomic mass is 9.83. The fourth-order valence-corrected chi connectivity index (χ4v) is 2.61. The van der Waals surface area contributed by atoms with Gasteiger partial charge in [-0.25, -0.2) is 0 Å². The van der Waals surface area contributed by atoms with Crippen LogP contribution in [0.2, 0.25) is 0 Å². The second-order valence-electron chi connectivity index (χ2n) is 4.50. The van der Waals surface area contributed by atoms with Crippen molar-refractivity contribution in [3.63, 3.8) is 0 Å². The lowest BCUT2D eigenvalue weighted by Gasteiger charge is -2.30. The van der Waals surface area contributed by atoms with Crippen LogP contribution in [0.4, 0.5) is 0 Å². The van der Waals surface area contributed by atoms with E-state index in [4.69, 9.17) is 5.73 Å². The van der Waals surface area contributed by atoms with E-state index in [0.717, 1.165) is 9.35 Å². The first kappa shape index (κ1) is 12.2. The third-order valence-electron chi connectivity index (χ3n) is 2.22. The van der Waals surface area contributed by atoms with Crippen LogP contribution in [-0.2, 0) is 0 Å². The van der Waals surface area contributed by atoms with Crippen LogP contribution in [0.25, 0.3) is 0 Å². The summed E-state index contributed by atoms with van der Waals surface area (Å²) < 4.78 is 0.998. The summed E-state index contributed by atoms with van der Waals surface area (Å²) in [6.07, 6.45) is -0.578. The van der Waals surface area contributed by atoms with Crippen LogP contribution < -0.4 is 5.73 Å². The molecule has 1 rings (SSSR count). The molecule has 0 bridgehead atoms. The van der Waals surface area contributed by atoms with Gasteiger partial charge in [0.2, 0.25) is 0 Å². The maximum atomic E-state index is 10.0. The molecule has 0 aliphatic carbocycles. The van der Waals surface area contributed by atoms with E-state index in [1.807, 2.05) is 32.2 Å². The van der Waals surface area contributed by atoms with Gasteiger partial charge in [-0.1, -0.05) is 20.8 Å². The Morgan fingerprint density at radius 1 is 1.50 bits per heavy atom. The van der Waals surface area contributed by atoms with Gasteiger partial charge in [-0.15, -0.1) is 11.3 Å². The first-order valence-corrected chi connectivity index (χ1v) is 6.17. The van der Waals surface area contributed by atoms with E-state index in [0.29, 0.717) is 0 Å². The highest BCUT2D eigenvalue weighted by Crippen LogP contribution is 2.32. The summed E-state index contributed by atoms with van der Waals surface area (Å²) in [6.45, 7) is 6.09. The first-order chi connectivity index (χ1) is 6.32. The molecule has 80 valence electrons. The molecule has 14 heavy (non-hydrogen) atoms. The molecule has 0 spiro atoms. The molecular formula is C10H16BrNOS. The van der Waals surface area contributed by atoms with Crippen molar-refractivity contribution in [2.45, 2.75) is 32.9 Å². The number of aliphatic hydroxyl groups is 1. The van der Waals surface area contributed by atoms with Crippen molar-refractivity contribution in [2.24, 2.45) is 11.1 Å². The fraction of sp³-hybridized carbons (Fsp3) is 0.600. The Kier molecular flexibility index (Phi) is 3.75. The van der Waals surface area contributed by atoms with Crippen molar-refractivity contribution >= 4 is 27.3 Å². The van der Waals surface area contributed by atoms with Crippen LogP contribution in [-0.4, -0.2) is 11.1 Å². The molecule has 0 aliphatic rings. The van der Waals surface area contributed by atoms with Gasteiger partial charge < -0.3 is 10.8 Å². The second-order valence-corrected chi connectivity index (χ2v) is 6.36. The van der Waals surface area contributed by atoms with Crippen LogP contribution in [0, 0.1) is 5.41 Å². The Labute approximate surface area is 97.3 Å². The van der Waals surface area contributed by atoms with E-state index in [1.165, 1.54) is 11.3 Å². The summed E-state index contributed by atoms with van der Waals surface area (Å²) in [5.74, 6) is 0. The minimum absolute atomic E-state index is 0.0874. The Morgan fingerprint density at radius 3 is 2.43 bits per heavy atom. The summed E-state index contributed by atoms with van der Waals surface area (Å²) in [7, 11) is 0. The molecule has 1 aromatic rings. The zero-order chi connectivity index (χ0) is 10.9. The quantitative estimate of drug-likeness (QED) is 0.873. The SMILES string of the molecule is CC(C)(C)C(N)C(O)c1cc(Br)cs1. The minimum atomic E-state index is -0.578. The van der Waals surface area contributed by atoms with Gasteiger partial charge in [0.05, 0.1) is 0 Å². The molecule has 4 heteroatoms. The van der Waals surface area contributed by atoms with Gasteiger partial charge in [-0.05, 0) is 27.4 Å². The molecule has 1 heterocycles. The Balaban J connectivity index is 2.80. The van der Waals surface area contributed by atoms with E-state index in [1.54, 1.807) is 0 Å². The summed E-state index contributed by atoms with van der Waals surface area (Å²) >= 11 is 4.88. The number of rotatable bonds is 2. The minimum Gasteiger partial charge on any atom is -0.386 e. The van der Waals surface area contributed by atoms with Crippen LogP contribution in [0.1, 0.15) is 31.8 Å². The highest BCUT2D eigenvalue weighted by atomic mass is 79.9. The van der Waals surface area contributed by atoms with Crippen molar-refractivity contribution in [1.29, 1.82) is 0 Å². The van der Waals surface area contributed by atoms with Gasteiger partial charge in [0.15, 0.2) is 0 Å². The summed E-state index contributed by atoms with van der Waals surface area (Å²) in [5, 5.41) is 12.0. The molecule has 0 saturated carbocycles. The van der Waals surface area contributed by atoms with Crippen molar-refractivity contribution in [3.8, 4) is 0 Å². The number of nitrogens with two attached hydrogens (primary N) is 1. The molecule has 0 saturated heterocycles. The zero-order valence-corrected chi connectivity index (χ0v) is 11.0. The van der Waals surface area contributed by atoms with Crippen molar-refractivity contribution in [3.05, 3.63) is 20.8 Å². The monoisotopic (exact) mass is 277 g/mol. The molecular weight excluding hydrogens is 262 g/mol. The smallest absolute Gasteiger partial charge is 0.104 e. The first-order valence-electron chi connectivity index (χ1n) is 4.50. The Hall–Kier alpha value is 0.1000. The molecule has 3 N–H and O–H groups in total. The molecule has 0 aromatic carbocycles. The molecule has 0 aliphatic heterocycles. The third kappa shape index (κ3) is 2.79. The van der Waals surface area contributed by atoms with E-state index in [-0.39, 0.29) is 11.5 Å². The van der Waals surface area contributed by atoms with Crippen LogP contribution in [0.5, 0.6) is 0 Å². The van der Waals surface area contributed by atoms with Crippen LogP contribution >= 0.6 is 27.3 Å². The van der Waals surface area contributed by atoms with E-state index in [9.17, 15) is 5.11 Å². The summed E-state index contributed by atoms with van der Waals surface area (Å²) in [4.78, 5) is 0.916. The number of hydrogen-bond donors (Lipinski definition) is 2. The normalized spacial score (nSPS) is 16.7. The van der Waals surface area contributed by atoms with Crippen molar-refractivity contribution in [2.75, 3.05) is 0 Å². The van der Waals surface area contributed by atoms with E-state index < -0.39 is 6.10 Å². The molecule has 1 aromatic heterocycles. The van der Waals surface area contributed by atoms with Crippen molar-refractivity contribution < 1.29 is 5.11 Å². The third-order valence-corrected chi connectivity index (χ3v) is 3.98. The average Bonchev–Trinajstić information content (AvgIpc) is 2.47.